The van der Waals surface area contributed by atoms with Gasteiger partial charge < -0.3 is 19.2 Å². The van der Waals surface area contributed by atoms with E-state index in [1.165, 1.54) is 6.26 Å². The lowest BCUT2D eigenvalue weighted by Crippen LogP contribution is -2.41. The number of carbonyl (C=O) groups excluding carboxylic acids is 2. The highest BCUT2D eigenvalue weighted by atomic mass is 16.5. The molecule has 7 heteroatoms. The van der Waals surface area contributed by atoms with Gasteiger partial charge in [0.15, 0.2) is 0 Å². The molecule has 19 heavy (non-hydrogen) atoms. The van der Waals surface area contributed by atoms with Gasteiger partial charge in [-0.05, 0) is 6.92 Å². The van der Waals surface area contributed by atoms with Crippen molar-refractivity contribution < 1.29 is 14.1 Å². The van der Waals surface area contributed by atoms with Crippen LogP contribution < -0.4 is 0 Å². The summed E-state index contributed by atoms with van der Waals surface area (Å²) in [5, 5.41) is 3.82. The molecule has 0 aromatic carbocycles. The first kappa shape index (κ1) is 13.4. The van der Waals surface area contributed by atoms with Crippen LogP contribution in [0.3, 0.4) is 0 Å². The van der Waals surface area contributed by atoms with E-state index in [1.807, 2.05) is 6.92 Å². The Kier molecular flexibility index (Phi) is 3.73. The van der Waals surface area contributed by atoms with Gasteiger partial charge in [0.1, 0.15) is 18.5 Å². The number of urea groups is 1. The summed E-state index contributed by atoms with van der Waals surface area (Å²) in [6.07, 6.45) is 1.48. The normalized spacial score (nSPS) is 16.9. The highest BCUT2D eigenvalue weighted by Gasteiger charge is 2.29. The van der Waals surface area contributed by atoms with Gasteiger partial charge in [0.2, 0.25) is 5.91 Å². The second-order valence-corrected chi connectivity index (χ2v) is 4.73. The van der Waals surface area contributed by atoms with Gasteiger partial charge in [-0.1, -0.05) is 5.16 Å². The van der Waals surface area contributed by atoms with Crippen LogP contribution in [0, 0.1) is 0 Å². The molecule has 2 rings (SSSR count). The highest BCUT2D eigenvalue weighted by molar-refractivity contribution is 5.85. The van der Waals surface area contributed by atoms with Crippen molar-refractivity contribution in [3.8, 4) is 0 Å². The third-order valence-electron chi connectivity index (χ3n) is 3.49. The summed E-state index contributed by atoms with van der Waals surface area (Å²) >= 11 is 0. The van der Waals surface area contributed by atoms with Crippen molar-refractivity contribution in [1.82, 2.24) is 19.9 Å². The summed E-state index contributed by atoms with van der Waals surface area (Å²) in [5.41, 5.74) is 0.695. The van der Waals surface area contributed by atoms with Crippen molar-refractivity contribution >= 4 is 11.9 Å². The molecule has 2 heterocycles. The Balaban J connectivity index is 1.94. The van der Waals surface area contributed by atoms with Crippen molar-refractivity contribution in [1.29, 1.82) is 0 Å². The van der Waals surface area contributed by atoms with Gasteiger partial charge in [-0.3, -0.25) is 4.79 Å². The SMILES string of the molecule is CC(c1ccon1)N(C)C(=O)CN1CCN(C)C1=O. The zero-order chi connectivity index (χ0) is 14.0. The van der Waals surface area contributed by atoms with Crippen LogP contribution in [0.15, 0.2) is 16.9 Å². The van der Waals surface area contributed by atoms with Crippen molar-refractivity contribution in [3.05, 3.63) is 18.0 Å². The van der Waals surface area contributed by atoms with E-state index in [1.54, 1.807) is 34.9 Å². The number of likely N-dealkylation sites (N-methyl/N-ethyl adjacent to an activating group) is 2. The average molecular weight is 266 g/mol. The summed E-state index contributed by atoms with van der Waals surface area (Å²) in [5.74, 6) is -0.112. The molecule has 1 fully saturated rings. The number of aromatic nitrogens is 1. The van der Waals surface area contributed by atoms with E-state index in [0.717, 1.165) is 0 Å². The number of hydrogen-bond donors (Lipinski definition) is 0. The minimum atomic E-state index is -0.179. The maximum absolute atomic E-state index is 12.1. The van der Waals surface area contributed by atoms with E-state index < -0.39 is 0 Å². The van der Waals surface area contributed by atoms with Gasteiger partial charge in [0.25, 0.3) is 0 Å². The molecule has 1 unspecified atom stereocenters. The molecule has 1 aliphatic heterocycles. The predicted octanol–water partition coefficient (Wildman–Crippen LogP) is 0.561. The van der Waals surface area contributed by atoms with E-state index in [2.05, 4.69) is 5.16 Å². The molecule has 0 bridgehead atoms. The fraction of sp³-hybridized carbons (Fsp3) is 0.583. The Labute approximate surface area is 111 Å². The Morgan fingerprint density at radius 3 is 2.84 bits per heavy atom. The first-order valence-electron chi connectivity index (χ1n) is 6.16. The molecule has 1 aliphatic rings. The largest absolute Gasteiger partial charge is 0.364 e. The monoisotopic (exact) mass is 266 g/mol. The maximum Gasteiger partial charge on any atom is 0.320 e. The van der Waals surface area contributed by atoms with Crippen LogP contribution in [-0.4, -0.2) is 65.5 Å². The lowest BCUT2D eigenvalue weighted by atomic mass is 10.2. The summed E-state index contributed by atoms with van der Waals surface area (Å²) in [7, 11) is 3.43. The Morgan fingerprint density at radius 1 is 1.58 bits per heavy atom. The third kappa shape index (κ3) is 2.69. The first-order chi connectivity index (χ1) is 9.00. The Hall–Kier alpha value is -2.05. The molecule has 104 valence electrons. The van der Waals surface area contributed by atoms with Crippen LogP contribution >= 0.6 is 0 Å². The molecular formula is C12H18N4O3. The highest BCUT2D eigenvalue weighted by Crippen LogP contribution is 2.17. The van der Waals surface area contributed by atoms with Crippen LogP contribution in [0.5, 0.6) is 0 Å². The van der Waals surface area contributed by atoms with E-state index >= 15 is 0 Å². The number of nitrogens with zero attached hydrogens (tertiary/aromatic N) is 4. The van der Waals surface area contributed by atoms with Crippen LogP contribution in [0.25, 0.3) is 0 Å². The Bertz CT molecular complexity index is 460. The third-order valence-corrected chi connectivity index (χ3v) is 3.49. The molecule has 7 nitrogen and oxygen atoms in total. The van der Waals surface area contributed by atoms with Crippen molar-refractivity contribution in [3.63, 3.8) is 0 Å². The van der Waals surface area contributed by atoms with Gasteiger partial charge in [0.05, 0.1) is 6.04 Å². The quantitative estimate of drug-likeness (QED) is 0.798. The van der Waals surface area contributed by atoms with Gasteiger partial charge in [0, 0.05) is 33.3 Å². The predicted molar refractivity (Wildman–Crippen MR) is 67.3 cm³/mol. The molecule has 0 saturated carbocycles. The van der Waals surface area contributed by atoms with E-state index in [4.69, 9.17) is 4.52 Å². The fourth-order valence-electron chi connectivity index (χ4n) is 1.98. The summed E-state index contributed by atoms with van der Waals surface area (Å²) in [6, 6.07) is 1.45. The number of hydrogen-bond acceptors (Lipinski definition) is 4. The molecular weight excluding hydrogens is 248 g/mol. The number of amides is 3. The van der Waals surface area contributed by atoms with Gasteiger partial charge in [-0.25, -0.2) is 4.79 Å². The second-order valence-electron chi connectivity index (χ2n) is 4.73. The fourth-order valence-corrected chi connectivity index (χ4v) is 1.98. The summed E-state index contributed by atoms with van der Waals surface area (Å²) in [6.45, 7) is 3.22. The van der Waals surface area contributed by atoms with Crippen LogP contribution in [-0.2, 0) is 4.79 Å². The lowest BCUT2D eigenvalue weighted by Gasteiger charge is -2.25. The van der Waals surface area contributed by atoms with Crippen molar-refractivity contribution in [2.24, 2.45) is 0 Å². The van der Waals surface area contributed by atoms with Crippen LogP contribution in [0.4, 0.5) is 4.79 Å². The van der Waals surface area contributed by atoms with Crippen molar-refractivity contribution in [2.45, 2.75) is 13.0 Å². The molecule has 0 N–H and O–H groups in total. The van der Waals surface area contributed by atoms with Crippen LogP contribution in [0.1, 0.15) is 18.7 Å². The lowest BCUT2D eigenvalue weighted by molar-refractivity contribution is -0.132. The number of carbonyl (C=O) groups is 2. The van der Waals surface area contributed by atoms with Gasteiger partial charge >= 0.3 is 6.03 Å². The minimum Gasteiger partial charge on any atom is -0.364 e. The van der Waals surface area contributed by atoms with E-state index in [-0.39, 0.29) is 24.5 Å². The average Bonchev–Trinajstić information content (AvgIpc) is 3.02. The van der Waals surface area contributed by atoms with Crippen LogP contribution in [0.2, 0.25) is 0 Å². The molecule has 3 amide bonds. The topological polar surface area (TPSA) is 69.9 Å². The summed E-state index contributed by atoms with van der Waals surface area (Å²) in [4.78, 5) is 28.6. The minimum absolute atomic E-state index is 0.0991. The second kappa shape index (κ2) is 5.29. The molecule has 1 aromatic heterocycles. The molecule has 0 aliphatic carbocycles. The zero-order valence-corrected chi connectivity index (χ0v) is 11.4. The van der Waals surface area contributed by atoms with E-state index in [9.17, 15) is 9.59 Å². The molecule has 1 aromatic rings. The smallest absolute Gasteiger partial charge is 0.320 e. The van der Waals surface area contributed by atoms with E-state index in [0.29, 0.717) is 18.8 Å². The maximum atomic E-state index is 12.1. The molecule has 1 atom stereocenters. The zero-order valence-electron chi connectivity index (χ0n) is 11.4. The molecule has 0 radical (unpaired) electrons. The standard InChI is InChI=1S/C12H18N4O3/c1-9(10-4-7-19-13-10)15(3)11(17)8-16-6-5-14(2)12(16)18/h4,7,9H,5-6,8H2,1-3H3. The molecule has 1 saturated heterocycles. The van der Waals surface area contributed by atoms with Gasteiger partial charge in [-0.2, -0.15) is 0 Å². The summed E-state index contributed by atoms with van der Waals surface area (Å²) < 4.78 is 4.77. The molecule has 0 spiro atoms. The van der Waals surface area contributed by atoms with Crippen molar-refractivity contribution in [2.75, 3.05) is 33.7 Å². The number of rotatable bonds is 4. The Morgan fingerprint density at radius 2 is 2.32 bits per heavy atom. The first-order valence-corrected chi connectivity index (χ1v) is 6.16. The van der Waals surface area contributed by atoms with Gasteiger partial charge in [-0.15, -0.1) is 0 Å².